The minimum Gasteiger partial charge on any atom is -0.462 e. The van der Waals surface area contributed by atoms with E-state index in [0.29, 0.717) is 6.61 Å². The number of ketones is 1. The van der Waals surface area contributed by atoms with Gasteiger partial charge in [-0.05, 0) is 44.5 Å². The van der Waals surface area contributed by atoms with Gasteiger partial charge in [0.25, 0.3) is 0 Å². The highest BCUT2D eigenvalue weighted by atomic mass is 16.6. The van der Waals surface area contributed by atoms with E-state index < -0.39 is 0 Å². The molecule has 0 amide bonds. The first kappa shape index (κ1) is 17.0. The molecule has 1 aliphatic heterocycles. The molecule has 0 bridgehead atoms. The summed E-state index contributed by atoms with van der Waals surface area (Å²) in [6.45, 7) is 5.88. The Morgan fingerprint density at radius 1 is 1.17 bits per heavy atom. The number of esters is 1. The summed E-state index contributed by atoms with van der Waals surface area (Å²) in [6.07, 6.45) is 2.56. The molecule has 130 valence electrons. The van der Waals surface area contributed by atoms with Crippen molar-refractivity contribution >= 4 is 17.4 Å². The number of hydrogen-bond donors (Lipinski definition) is 0. The maximum Gasteiger partial charge on any atom is 0.311 e. The Hall–Kier alpha value is -1.88. The molecule has 3 rings (SSSR count). The Kier molecular flexibility index (Phi) is 5.19. The van der Waals surface area contributed by atoms with Gasteiger partial charge in [-0.15, -0.1) is 0 Å². The van der Waals surface area contributed by atoms with Crippen LogP contribution in [0, 0.1) is 5.92 Å². The van der Waals surface area contributed by atoms with Crippen molar-refractivity contribution in [3.63, 3.8) is 0 Å². The van der Waals surface area contributed by atoms with Gasteiger partial charge >= 0.3 is 5.97 Å². The fourth-order valence-corrected chi connectivity index (χ4v) is 3.21. The van der Waals surface area contributed by atoms with Gasteiger partial charge in [-0.3, -0.25) is 9.59 Å². The Labute approximate surface area is 142 Å². The van der Waals surface area contributed by atoms with E-state index in [1.807, 2.05) is 31.2 Å². The molecule has 5 nitrogen and oxygen atoms in total. The van der Waals surface area contributed by atoms with E-state index in [-0.39, 0.29) is 29.9 Å². The van der Waals surface area contributed by atoms with Crippen molar-refractivity contribution in [2.45, 2.75) is 45.3 Å². The van der Waals surface area contributed by atoms with E-state index in [0.717, 1.165) is 43.6 Å². The van der Waals surface area contributed by atoms with Crippen LogP contribution in [0.15, 0.2) is 24.3 Å². The van der Waals surface area contributed by atoms with Gasteiger partial charge in [0.15, 0.2) is 5.78 Å². The van der Waals surface area contributed by atoms with Gasteiger partial charge < -0.3 is 14.4 Å². The first-order chi connectivity index (χ1) is 11.6. The molecule has 1 saturated heterocycles. The summed E-state index contributed by atoms with van der Waals surface area (Å²) in [5.74, 6) is -0.0718. The monoisotopic (exact) mass is 331 g/mol. The van der Waals surface area contributed by atoms with Crippen molar-refractivity contribution in [2.75, 3.05) is 24.6 Å². The van der Waals surface area contributed by atoms with Gasteiger partial charge in [0.05, 0.1) is 12.0 Å². The lowest BCUT2D eigenvalue weighted by Gasteiger charge is -2.33. The summed E-state index contributed by atoms with van der Waals surface area (Å²) < 4.78 is 11.1. The number of benzene rings is 1. The van der Waals surface area contributed by atoms with Crippen LogP contribution in [0.3, 0.4) is 0 Å². The predicted octanol–water partition coefficient (Wildman–Crippen LogP) is 2.83. The molecule has 0 aromatic heterocycles. The smallest absolute Gasteiger partial charge is 0.311 e. The van der Waals surface area contributed by atoms with Crippen molar-refractivity contribution in [1.82, 2.24) is 0 Å². The number of carbonyl (C=O) groups is 2. The molecule has 1 aromatic carbocycles. The minimum absolute atomic E-state index is 0.00752. The topological polar surface area (TPSA) is 55.8 Å². The van der Waals surface area contributed by atoms with Crippen molar-refractivity contribution in [3.8, 4) is 0 Å². The Morgan fingerprint density at radius 2 is 1.83 bits per heavy atom. The molecule has 1 heterocycles. The van der Waals surface area contributed by atoms with Gasteiger partial charge in [-0.25, -0.2) is 0 Å². The first-order valence-corrected chi connectivity index (χ1v) is 8.76. The fourth-order valence-electron chi connectivity index (χ4n) is 3.21. The lowest BCUT2D eigenvalue weighted by molar-refractivity contribution is -0.152. The maximum absolute atomic E-state index is 12.1. The molecule has 1 aromatic rings. The fraction of sp³-hybridized carbons (Fsp3) is 0.579. The summed E-state index contributed by atoms with van der Waals surface area (Å²) in [7, 11) is 0. The molecule has 0 radical (unpaired) electrons. The Morgan fingerprint density at radius 3 is 2.42 bits per heavy atom. The quantitative estimate of drug-likeness (QED) is 0.593. The second kappa shape index (κ2) is 7.34. The number of carbonyl (C=O) groups excluding carboxylic acids is 2. The molecule has 24 heavy (non-hydrogen) atoms. The van der Waals surface area contributed by atoms with Crippen molar-refractivity contribution in [2.24, 2.45) is 5.92 Å². The van der Waals surface area contributed by atoms with Crippen molar-refractivity contribution < 1.29 is 19.1 Å². The molecule has 1 saturated carbocycles. The third-order valence-electron chi connectivity index (χ3n) is 4.78. The molecule has 2 fully saturated rings. The van der Waals surface area contributed by atoms with Crippen LogP contribution in [-0.2, 0) is 14.3 Å². The number of nitrogens with zero attached hydrogens (tertiary/aromatic N) is 1. The highest BCUT2D eigenvalue weighted by Gasteiger charge is 2.46. The maximum atomic E-state index is 12.1. The van der Waals surface area contributed by atoms with Crippen LogP contribution in [0.25, 0.3) is 0 Å². The average Bonchev–Trinajstić information content (AvgIpc) is 3.35. The predicted molar refractivity (Wildman–Crippen MR) is 91.3 cm³/mol. The van der Waals surface area contributed by atoms with E-state index >= 15 is 0 Å². The number of hydrogen-bond acceptors (Lipinski definition) is 5. The van der Waals surface area contributed by atoms with Gasteiger partial charge in [0, 0.05) is 43.8 Å². The highest BCUT2D eigenvalue weighted by molar-refractivity contribution is 5.94. The normalized spacial score (nSPS) is 23.8. The van der Waals surface area contributed by atoms with Gasteiger partial charge in [0.2, 0.25) is 0 Å². The largest absolute Gasteiger partial charge is 0.462 e. The lowest BCUT2D eigenvalue weighted by Crippen LogP contribution is -2.38. The van der Waals surface area contributed by atoms with E-state index in [1.165, 1.54) is 0 Å². The summed E-state index contributed by atoms with van der Waals surface area (Å²) in [5.41, 5.74) is 1.85. The summed E-state index contributed by atoms with van der Waals surface area (Å²) in [4.78, 5) is 25.7. The van der Waals surface area contributed by atoms with Crippen LogP contribution in [0.2, 0.25) is 0 Å². The second-order valence-electron chi connectivity index (χ2n) is 6.56. The van der Waals surface area contributed by atoms with Crippen molar-refractivity contribution in [1.29, 1.82) is 0 Å². The second-order valence-corrected chi connectivity index (χ2v) is 6.56. The highest BCUT2D eigenvalue weighted by Crippen LogP contribution is 2.35. The first-order valence-electron chi connectivity index (χ1n) is 8.76. The van der Waals surface area contributed by atoms with E-state index in [2.05, 4.69) is 4.90 Å². The zero-order chi connectivity index (χ0) is 17.1. The standard InChI is InChI=1S/C19H25NO4/c1-3-23-18-12-17(18)19(22)24-16-8-10-20(11-9-16)15-6-4-14(5-7-15)13(2)21/h4-7,16-18H,3,8-12H2,1-2H3/t17-,18-/m0/s1. The molecule has 5 heteroatoms. The molecular formula is C19H25NO4. The third-order valence-corrected chi connectivity index (χ3v) is 4.78. The number of rotatable bonds is 6. The number of Topliss-reactive ketones (excluding diaryl/α,β-unsaturated/α-hetero) is 1. The van der Waals surface area contributed by atoms with Crippen LogP contribution < -0.4 is 4.90 Å². The average molecular weight is 331 g/mol. The van der Waals surface area contributed by atoms with Crippen LogP contribution in [0.5, 0.6) is 0 Å². The SMILES string of the molecule is CCO[C@H]1C[C@@H]1C(=O)OC1CCN(c2ccc(C(C)=O)cc2)CC1. The molecule has 2 atom stereocenters. The van der Waals surface area contributed by atoms with Gasteiger partial charge in [0.1, 0.15) is 6.10 Å². The molecule has 0 spiro atoms. The van der Waals surface area contributed by atoms with Crippen LogP contribution in [0.1, 0.15) is 43.5 Å². The summed E-state index contributed by atoms with van der Waals surface area (Å²) in [5, 5.41) is 0. The van der Waals surface area contributed by atoms with E-state index in [4.69, 9.17) is 9.47 Å². The van der Waals surface area contributed by atoms with Crippen LogP contribution in [-0.4, -0.2) is 43.7 Å². The molecular weight excluding hydrogens is 306 g/mol. The molecule has 0 N–H and O–H groups in total. The van der Waals surface area contributed by atoms with E-state index in [9.17, 15) is 9.59 Å². The zero-order valence-electron chi connectivity index (χ0n) is 14.4. The van der Waals surface area contributed by atoms with Crippen molar-refractivity contribution in [3.05, 3.63) is 29.8 Å². The minimum atomic E-state index is -0.0993. The van der Waals surface area contributed by atoms with Crippen LogP contribution in [0.4, 0.5) is 5.69 Å². The number of ether oxygens (including phenoxy) is 2. The number of anilines is 1. The molecule has 1 aliphatic carbocycles. The molecule has 0 unspecified atom stereocenters. The summed E-state index contributed by atoms with van der Waals surface area (Å²) >= 11 is 0. The zero-order valence-corrected chi connectivity index (χ0v) is 14.4. The Balaban J connectivity index is 1.45. The molecule has 2 aliphatic rings. The van der Waals surface area contributed by atoms with Gasteiger partial charge in [-0.2, -0.15) is 0 Å². The number of piperidine rings is 1. The lowest BCUT2D eigenvalue weighted by atomic mass is 10.1. The third kappa shape index (κ3) is 3.96. The Bertz CT molecular complexity index is 590. The van der Waals surface area contributed by atoms with E-state index in [1.54, 1.807) is 6.92 Å². The van der Waals surface area contributed by atoms with Crippen LogP contribution >= 0.6 is 0 Å². The van der Waals surface area contributed by atoms with Gasteiger partial charge in [-0.1, -0.05) is 0 Å². The summed E-state index contributed by atoms with van der Waals surface area (Å²) in [6, 6.07) is 7.70.